The highest BCUT2D eigenvalue weighted by atomic mass is 16.5. The molecular formula is C21H27NO3. The Kier molecular flexibility index (Phi) is 5.82. The van der Waals surface area contributed by atoms with Crippen molar-refractivity contribution in [2.45, 2.75) is 32.2 Å². The third-order valence-electron chi connectivity index (χ3n) is 4.70. The topological polar surface area (TPSA) is 39.7 Å². The fourth-order valence-corrected chi connectivity index (χ4v) is 3.37. The monoisotopic (exact) mass is 341 g/mol. The van der Waals surface area contributed by atoms with E-state index in [2.05, 4.69) is 42.6 Å². The van der Waals surface area contributed by atoms with Gasteiger partial charge < -0.3 is 19.5 Å². The summed E-state index contributed by atoms with van der Waals surface area (Å²) in [6.07, 6.45) is 3.16. The second-order valence-electron chi connectivity index (χ2n) is 6.28. The molecule has 1 atom stereocenters. The summed E-state index contributed by atoms with van der Waals surface area (Å²) in [6, 6.07) is 12.7. The van der Waals surface area contributed by atoms with Gasteiger partial charge in [0.05, 0.1) is 26.9 Å². The second-order valence-corrected chi connectivity index (χ2v) is 6.28. The molecule has 134 valence electrons. The van der Waals surface area contributed by atoms with E-state index in [9.17, 15) is 0 Å². The van der Waals surface area contributed by atoms with Crippen molar-refractivity contribution in [2.24, 2.45) is 0 Å². The lowest BCUT2D eigenvalue weighted by Crippen LogP contribution is -2.30. The summed E-state index contributed by atoms with van der Waals surface area (Å²) in [5.41, 5.74) is 3.72. The summed E-state index contributed by atoms with van der Waals surface area (Å²) in [6.45, 7) is 3.86. The Morgan fingerprint density at radius 1 is 1.04 bits per heavy atom. The molecule has 0 aliphatic carbocycles. The van der Waals surface area contributed by atoms with Crippen LogP contribution in [0.15, 0.2) is 36.4 Å². The van der Waals surface area contributed by atoms with Gasteiger partial charge in [-0.2, -0.15) is 0 Å². The average molecular weight is 341 g/mol. The predicted molar refractivity (Wildman–Crippen MR) is 99.9 cm³/mol. The minimum Gasteiger partial charge on any atom is -0.494 e. The standard InChI is InChI=1S/C21H27NO3/c1-4-5-14-25-16-8-6-15(7-9-16)20-17-10-11-19(23-2)21(24-3)18(17)12-13-22-20/h6-11,20,22H,4-5,12-14H2,1-3H3. The maximum Gasteiger partial charge on any atom is 0.164 e. The van der Waals surface area contributed by atoms with Crippen LogP contribution in [0, 0.1) is 0 Å². The van der Waals surface area contributed by atoms with Gasteiger partial charge in [0, 0.05) is 12.1 Å². The molecule has 0 spiro atoms. The molecule has 0 fully saturated rings. The lowest BCUT2D eigenvalue weighted by Gasteiger charge is -2.29. The molecule has 1 aliphatic heterocycles. The van der Waals surface area contributed by atoms with E-state index in [-0.39, 0.29) is 6.04 Å². The fraction of sp³-hybridized carbons (Fsp3) is 0.429. The van der Waals surface area contributed by atoms with Gasteiger partial charge in [0.25, 0.3) is 0 Å². The molecule has 0 aromatic heterocycles. The molecule has 1 N–H and O–H groups in total. The third-order valence-corrected chi connectivity index (χ3v) is 4.70. The number of rotatable bonds is 7. The Morgan fingerprint density at radius 2 is 1.84 bits per heavy atom. The zero-order valence-corrected chi connectivity index (χ0v) is 15.3. The van der Waals surface area contributed by atoms with Crippen molar-refractivity contribution in [3.05, 3.63) is 53.1 Å². The molecule has 0 amide bonds. The number of hydrogen-bond donors (Lipinski definition) is 1. The van der Waals surface area contributed by atoms with Gasteiger partial charge in [0.2, 0.25) is 0 Å². The summed E-state index contributed by atoms with van der Waals surface area (Å²) < 4.78 is 16.8. The third kappa shape index (κ3) is 3.74. The molecule has 2 aromatic carbocycles. The minimum atomic E-state index is 0.160. The first-order chi connectivity index (χ1) is 12.3. The summed E-state index contributed by atoms with van der Waals surface area (Å²) in [7, 11) is 3.39. The van der Waals surface area contributed by atoms with E-state index >= 15 is 0 Å². The maximum atomic E-state index is 5.77. The molecule has 4 nitrogen and oxygen atoms in total. The quantitative estimate of drug-likeness (QED) is 0.769. The van der Waals surface area contributed by atoms with Crippen molar-refractivity contribution >= 4 is 0 Å². The van der Waals surface area contributed by atoms with Crippen LogP contribution >= 0.6 is 0 Å². The summed E-state index contributed by atoms with van der Waals surface area (Å²) >= 11 is 0. The van der Waals surface area contributed by atoms with E-state index in [0.717, 1.165) is 49.7 Å². The van der Waals surface area contributed by atoms with Gasteiger partial charge in [0.1, 0.15) is 5.75 Å². The van der Waals surface area contributed by atoms with Crippen LogP contribution < -0.4 is 19.5 Å². The average Bonchev–Trinajstić information content (AvgIpc) is 2.67. The Morgan fingerprint density at radius 3 is 2.52 bits per heavy atom. The highest BCUT2D eigenvalue weighted by Crippen LogP contribution is 2.39. The highest BCUT2D eigenvalue weighted by Gasteiger charge is 2.25. The van der Waals surface area contributed by atoms with Gasteiger partial charge >= 0.3 is 0 Å². The van der Waals surface area contributed by atoms with Gasteiger partial charge in [-0.25, -0.2) is 0 Å². The molecular weight excluding hydrogens is 314 g/mol. The van der Waals surface area contributed by atoms with Gasteiger partial charge in [-0.05, 0) is 42.2 Å². The number of hydrogen-bond acceptors (Lipinski definition) is 4. The smallest absolute Gasteiger partial charge is 0.164 e. The lowest BCUT2D eigenvalue weighted by molar-refractivity contribution is 0.309. The summed E-state index contributed by atoms with van der Waals surface area (Å²) in [5.74, 6) is 2.58. The van der Waals surface area contributed by atoms with E-state index in [1.54, 1.807) is 14.2 Å². The highest BCUT2D eigenvalue weighted by molar-refractivity contribution is 5.54. The summed E-state index contributed by atoms with van der Waals surface area (Å²) in [4.78, 5) is 0. The van der Waals surface area contributed by atoms with E-state index < -0.39 is 0 Å². The van der Waals surface area contributed by atoms with Crippen LogP contribution in [-0.2, 0) is 6.42 Å². The molecule has 3 rings (SSSR count). The number of benzene rings is 2. The van der Waals surface area contributed by atoms with Crippen LogP contribution in [0.4, 0.5) is 0 Å². The summed E-state index contributed by atoms with van der Waals surface area (Å²) in [5, 5.41) is 3.61. The molecule has 0 saturated carbocycles. The van der Waals surface area contributed by atoms with Crippen molar-refractivity contribution < 1.29 is 14.2 Å². The SMILES string of the molecule is CCCCOc1ccc(C2NCCc3c2ccc(OC)c3OC)cc1. The maximum absolute atomic E-state index is 5.77. The van der Waals surface area contributed by atoms with Crippen molar-refractivity contribution in [3.8, 4) is 17.2 Å². The second kappa shape index (κ2) is 8.26. The van der Waals surface area contributed by atoms with Gasteiger partial charge in [-0.15, -0.1) is 0 Å². The minimum absolute atomic E-state index is 0.160. The molecule has 1 aliphatic rings. The van der Waals surface area contributed by atoms with Crippen LogP contribution in [0.3, 0.4) is 0 Å². The number of nitrogens with one attached hydrogen (secondary N) is 1. The molecule has 4 heteroatoms. The van der Waals surface area contributed by atoms with E-state index in [0.29, 0.717) is 0 Å². The predicted octanol–water partition coefficient (Wildman–Crippen LogP) is 4.12. The molecule has 1 heterocycles. The fourth-order valence-electron chi connectivity index (χ4n) is 3.37. The molecule has 1 unspecified atom stereocenters. The van der Waals surface area contributed by atoms with Crippen molar-refractivity contribution in [1.29, 1.82) is 0 Å². The first-order valence-electron chi connectivity index (χ1n) is 8.98. The van der Waals surface area contributed by atoms with Crippen LogP contribution in [0.5, 0.6) is 17.2 Å². The lowest BCUT2D eigenvalue weighted by atomic mass is 9.89. The Bertz CT molecular complexity index is 697. The van der Waals surface area contributed by atoms with E-state index in [4.69, 9.17) is 14.2 Å². The first kappa shape index (κ1) is 17.6. The molecule has 25 heavy (non-hydrogen) atoms. The molecule has 0 radical (unpaired) electrons. The molecule has 0 bridgehead atoms. The van der Waals surface area contributed by atoms with Crippen LogP contribution in [0.25, 0.3) is 0 Å². The number of methoxy groups -OCH3 is 2. The van der Waals surface area contributed by atoms with Crippen LogP contribution in [0.1, 0.15) is 42.5 Å². The molecule has 0 saturated heterocycles. The Balaban J connectivity index is 1.85. The zero-order valence-electron chi connectivity index (χ0n) is 15.3. The Hall–Kier alpha value is -2.20. The van der Waals surface area contributed by atoms with Crippen molar-refractivity contribution in [2.75, 3.05) is 27.4 Å². The van der Waals surface area contributed by atoms with Crippen molar-refractivity contribution in [1.82, 2.24) is 5.32 Å². The van der Waals surface area contributed by atoms with E-state index in [1.807, 2.05) is 6.07 Å². The van der Waals surface area contributed by atoms with E-state index in [1.165, 1.54) is 16.7 Å². The first-order valence-corrected chi connectivity index (χ1v) is 8.98. The van der Waals surface area contributed by atoms with Gasteiger partial charge in [0.15, 0.2) is 11.5 Å². The number of fused-ring (bicyclic) bond motifs is 1. The number of unbranched alkanes of at least 4 members (excludes halogenated alkanes) is 1. The molecule has 2 aromatic rings. The zero-order chi connectivity index (χ0) is 17.6. The van der Waals surface area contributed by atoms with Gasteiger partial charge in [-0.1, -0.05) is 31.5 Å². The normalized spacial score (nSPS) is 16.2. The number of ether oxygens (including phenoxy) is 3. The Labute approximate surface area is 150 Å². The largest absolute Gasteiger partial charge is 0.494 e. The van der Waals surface area contributed by atoms with Crippen LogP contribution in [-0.4, -0.2) is 27.4 Å². The van der Waals surface area contributed by atoms with Crippen molar-refractivity contribution in [3.63, 3.8) is 0 Å². The van der Waals surface area contributed by atoms with Crippen LogP contribution in [0.2, 0.25) is 0 Å². The van der Waals surface area contributed by atoms with Gasteiger partial charge in [-0.3, -0.25) is 0 Å².